The van der Waals surface area contributed by atoms with Gasteiger partial charge in [0.05, 0.1) is 11.4 Å². The number of H-pyrrole nitrogens is 1. The summed E-state index contributed by atoms with van der Waals surface area (Å²) in [7, 11) is 0. The number of hydrogen-bond donors (Lipinski definition) is 4. The van der Waals surface area contributed by atoms with Gasteiger partial charge in [-0.2, -0.15) is 0 Å². The average molecular weight is 562 g/mol. The second-order valence-corrected chi connectivity index (χ2v) is 10.9. The van der Waals surface area contributed by atoms with Crippen molar-refractivity contribution in [2.75, 3.05) is 32.7 Å². The van der Waals surface area contributed by atoms with E-state index in [0.717, 1.165) is 76.7 Å². The Morgan fingerprint density at radius 1 is 0.690 bits per heavy atom. The minimum atomic E-state index is 0.786. The van der Waals surface area contributed by atoms with Crippen LogP contribution in [0.15, 0.2) is 97.5 Å². The Morgan fingerprint density at radius 2 is 1.33 bits per heavy atom. The summed E-state index contributed by atoms with van der Waals surface area (Å²) in [5.74, 6) is 0. The molecule has 3 aromatic heterocycles. The maximum Gasteiger partial charge on any atom is 0.0541 e. The average Bonchev–Trinajstić information content (AvgIpc) is 3.43. The van der Waals surface area contributed by atoms with Crippen LogP contribution in [0.3, 0.4) is 0 Å². The van der Waals surface area contributed by atoms with Crippen LogP contribution in [0.4, 0.5) is 0 Å². The van der Waals surface area contributed by atoms with Crippen molar-refractivity contribution in [3.63, 3.8) is 0 Å². The molecule has 2 aromatic carbocycles. The number of aromatic amines is 1. The summed E-state index contributed by atoms with van der Waals surface area (Å²) in [5.41, 5.74) is 8.69. The number of aromatic nitrogens is 3. The molecule has 0 radical (unpaired) electrons. The van der Waals surface area contributed by atoms with E-state index in [2.05, 4.69) is 104 Å². The number of nitrogens with one attached hydrogen (secondary N) is 4. The van der Waals surface area contributed by atoms with Gasteiger partial charge in [0.1, 0.15) is 0 Å². The van der Waals surface area contributed by atoms with E-state index in [1.165, 1.54) is 33.2 Å². The maximum absolute atomic E-state index is 4.42. The number of aryl methyl sites for hydroxylation is 1. The Morgan fingerprint density at radius 3 is 1.98 bits per heavy atom. The third-order valence-electron chi connectivity index (χ3n) is 7.53. The summed E-state index contributed by atoms with van der Waals surface area (Å²) in [6, 6.07) is 27.8. The van der Waals surface area contributed by atoms with Gasteiger partial charge in [-0.05, 0) is 73.0 Å². The van der Waals surface area contributed by atoms with Crippen LogP contribution in [-0.4, -0.2) is 52.6 Å². The van der Waals surface area contributed by atoms with Gasteiger partial charge in [-0.1, -0.05) is 48.0 Å². The van der Waals surface area contributed by atoms with E-state index in [1.807, 2.05) is 36.7 Å². The lowest BCUT2D eigenvalue weighted by atomic mass is 10.1. The largest absolute Gasteiger partial charge is 0.361 e. The quantitative estimate of drug-likeness (QED) is 0.120. The van der Waals surface area contributed by atoms with E-state index in [-0.39, 0.29) is 0 Å². The molecule has 42 heavy (non-hydrogen) atoms. The molecule has 0 unspecified atom stereocenters. The first kappa shape index (κ1) is 29.6. The van der Waals surface area contributed by atoms with Crippen molar-refractivity contribution in [1.82, 2.24) is 35.8 Å². The fourth-order valence-corrected chi connectivity index (χ4v) is 5.16. The smallest absolute Gasteiger partial charge is 0.0541 e. The molecule has 0 aliphatic rings. The number of rotatable bonds is 17. The molecule has 0 amide bonds. The lowest BCUT2D eigenvalue weighted by Gasteiger charge is -2.23. The van der Waals surface area contributed by atoms with Gasteiger partial charge in [-0.15, -0.1) is 0 Å². The molecule has 4 N–H and O–H groups in total. The van der Waals surface area contributed by atoms with Gasteiger partial charge in [-0.25, -0.2) is 0 Å². The second-order valence-electron chi connectivity index (χ2n) is 10.9. The van der Waals surface area contributed by atoms with Crippen LogP contribution in [-0.2, 0) is 32.6 Å². The Labute approximate surface area is 249 Å². The number of hydrogen-bond acceptors (Lipinski definition) is 6. The van der Waals surface area contributed by atoms with Crippen molar-refractivity contribution in [2.45, 2.75) is 39.5 Å². The van der Waals surface area contributed by atoms with Crippen LogP contribution < -0.4 is 16.0 Å². The lowest BCUT2D eigenvalue weighted by Crippen LogP contribution is -2.36. The number of fused-ring (bicyclic) bond motifs is 1. The van der Waals surface area contributed by atoms with Gasteiger partial charge in [0.15, 0.2) is 0 Å². The molecule has 3 heterocycles. The lowest BCUT2D eigenvalue weighted by molar-refractivity contribution is 0.263. The molecule has 7 nitrogen and oxygen atoms in total. The van der Waals surface area contributed by atoms with Gasteiger partial charge >= 0.3 is 0 Å². The van der Waals surface area contributed by atoms with Crippen molar-refractivity contribution < 1.29 is 0 Å². The first-order valence-corrected chi connectivity index (χ1v) is 15.0. The van der Waals surface area contributed by atoms with Crippen LogP contribution in [0.2, 0.25) is 0 Å². The zero-order valence-electron chi connectivity index (χ0n) is 24.7. The van der Waals surface area contributed by atoms with Crippen molar-refractivity contribution in [3.05, 3.63) is 131 Å². The molecule has 0 saturated heterocycles. The zero-order valence-corrected chi connectivity index (χ0v) is 24.7. The molecule has 5 rings (SSSR count). The number of nitrogens with zero attached hydrogens (tertiary/aromatic N) is 3. The van der Waals surface area contributed by atoms with E-state index in [4.69, 9.17) is 0 Å². The Balaban J connectivity index is 1.07. The van der Waals surface area contributed by atoms with E-state index in [1.54, 1.807) is 0 Å². The van der Waals surface area contributed by atoms with Gasteiger partial charge in [0.25, 0.3) is 0 Å². The van der Waals surface area contributed by atoms with Gasteiger partial charge in [0, 0.05) is 81.9 Å². The van der Waals surface area contributed by atoms with E-state index >= 15 is 0 Å². The summed E-state index contributed by atoms with van der Waals surface area (Å²) in [6.07, 6.45) is 6.86. The van der Waals surface area contributed by atoms with Gasteiger partial charge < -0.3 is 20.9 Å². The van der Waals surface area contributed by atoms with Crippen LogP contribution >= 0.6 is 0 Å². The third kappa shape index (κ3) is 9.33. The fourth-order valence-electron chi connectivity index (χ4n) is 5.16. The van der Waals surface area contributed by atoms with E-state index in [9.17, 15) is 0 Å². The highest BCUT2D eigenvalue weighted by molar-refractivity contribution is 5.83. The minimum Gasteiger partial charge on any atom is -0.361 e. The summed E-state index contributed by atoms with van der Waals surface area (Å²) in [5, 5.41) is 12.1. The molecule has 0 atom stereocenters. The van der Waals surface area contributed by atoms with Crippen LogP contribution in [0.25, 0.3) is 10.9 Å². The predicted molar refractivity (Wildman–Crippen MR) is 172 cm³/mol. The first-order chi connectivity index (χ1) is 20.7. The third-order valence-corrected chi connectivity index (χ3v) is 7.53. The number of pyridine rings is 2. The minimum absolute atomic E-state index is 0.786. The molecular weight excluding hydrogens is 518 g/mol. The van der Waals surface area contributed by atoms with Crippen molar-refractivity contribution in [2.24, 2.45) is 0 Å². The van der Waals surface area contributed by atoms with Crippen LogP contribution in [0.1, 0.15) is 33.6 Å². The summed E-state index contributed by atoms with van der Waals surface area (Å²) < 4.78 is 0. The Kier molecular flexibility index (Phi) is 11.2. The number of benzene rings is 2. The second kappa shape index (κ2) is 15.9. The van der Waals surface area contributed by atoms with Crippen molar-refractivity contribution >= 4 is 10.9 Å². The molecule has 0 aliphatic heterocycles. The molecular formula is C35H43N7. The SMILES string of the molecule is Cc1ccc2[nH]cc(CCNCc3ccc(CN(CCNCc4ccccn4)CCNCc4ccccn4)cc3)c2c1. The highest BCUT2D eigenvalue weighted by atomic mass is 15.1. The summed E-state index contributed by atoms with van der Waals surface area (Å²) in [6.45, 7) is 10.2. The fraction of sp³-hybridized carbons (Fsp3) is 0.314. The standard InChI is InChI=1S/C35H43N7/c1-28-8-13-35-34(22-28)31(24-41-35)14-17-36-23-29-9-11-30(12-10-29)27-42(20-18-37-25-32-6-2-4-15-39-32)21-19-38-26-33-7-3-5-16-40-33/h2-13,15-16,22,24,36-38,41H,14,17-21,23,25-27H2,1H3. The molecule has 218 valence electrons. The predicted octanol–water partition coefficient (Wildman–Crippen LogP) is 4.98. The topological polar surface area (TPSA) is 80.9 Å². The normalized spacial score (nSPS) is 11.5. The molecule has 0 spiro atoms. The molecule has 0 saturated carbocycles. The van der Waals surface area contributed by atoms with Crippen molar-refractivity contribution in [3.8, 4) is 0 Å². The maximum atomic E-state index is 4.42. The van der Waals surface area contributed by atoms with Gasteiger partial charge in [-0.3, -0.25) is 14.9 Å². The molecule has 5 aromatic rings. The highest BCUT2D eigenvalue weighted by Crippen LogP contribution is 2.20. The summed E-state index contributed by atoms with van der Waals surface area (Å²) >= 11 is 0. The summed E-state index contributed by atoms with van der Waals surface area (Å²) in [4.78, 5) is 14.7. The highest BCUT2D eigenvalue weighted by Gasteiger charge is 2.08. The van der Waals surface area contributed by atoms with Crippen molar-refractivity contribution in [1.29, 1.82) is 0 Å². The van der Waals surface area contributed by atoms with Gasteiger partial charge in [0.2, 0.25) is 0 Å². The van der Waals surface area contributed by atoms with Crippen LogP contribution in [0, 0.1) is 6.92 Å². The first-order valence-electron chi connectivity index (χ1n) is 15.0. The van der Waals surface area contributed by atoms with E-state index < -0.39 is 0 Å². The Hall–Kier alpha value is -3.88. The molecule has 7 heteroatoms. The van der Waals surface area contributed by atoms with E-state index in [0.29, 0.717) is 0 Å². The Bertz CT molecular complexity index is 1420. The molecule has 0 fully saturated rings. The monoisotopic (exact) mass is 561 g/mol. The molecule has 0 bridgehead atoms. The molecule has 0 aliphatic carbocycles. The van der Waals surface area contributed by atoms with Crippen LogP contribution in [0.5, 0.6) is 0 Å². The zero-order chi connectivity index (χ0) is 28.8.